The van der Waals surface area contributed by atoms with E-state index in [1.54, 1.807) is 18.5 Å². The highest BCUT2D eigenvalue weighted by molar-refractivity contribution is 6.07. The monoisotopic (exact) mass is 363 g/mol. The van der Waals surface area contributed by atoms with Gasteiger partial charge < -0.3 is 4.74 Å². The Morgan fingerprint density at radius 3 is 2.56 bits per heavy atom. The third-order valence-electron chi connectivity index (χ3n) is 4.08. The van der Waals surface area contributed by atoms with E-state index >= 15 is 0 Å². The Morgan fingerprint density at radius 1 is 0.926 bits per heavy atom. The van der Waals surface area contributed by atoms with Crippen molar-refractivity contribution in [2.24, 2.45) is 9.98 Å². The molecule has 0 radical (unpaired) electrons. The number of ether oxygens (including phenoxy) is 1. The molecule has 27 heavy (non-hydrogen) atoms. The van der Waals surface area contributed by atoms with Gasteiger partial charge in [-0.3, -0.25) is 4.99 Å². The van der Waals surface area contributed by atoms with Crippen LogP contribution in [0.2, 0.25) is 0 Å². The fourth-order valence-corrected chi connectivity index (χ4v) is 2.76. The van der Waals surface area contributed by atoms with E-state index in [4.69, 9.17) is 4.74 Å². The summed E-state index contributed by atoms with van der Waals surface area (Å²) in [6.45, 7) is 0. The highest BCUT2D eigenvalue weighted by Gasteiger charge is 2.19. The molecule has 0 N–H and O–H groups in total. The standard InChI is InChI=1S/C21H15F2N3O/c22-18-5-3-4-17(20(18)23)21-25-13-15(26-21)12-14-7-9-16(10-8-14)27-19-6-1-2-11-24-19/h1-11,13,15H,12H2. The number of nitrogens with zero attached hydrogens (tertiary/aromatic N) is 3. The summed E-state index contributed by atoms with van der Waals surface area (Å²) in [7, 11) is 0. The molecule has 6 heteroatoms. The fourth-order valence-electron chi connectivity index (χ4n) is 2.76. The second-order valence-corrected chi connectivity index (χ2v) is 6.02. The lowest BCUT2D eigenvalue weighted by Crippen LogP contribution is -2.08. The number of aromatic nitrogens is 1. The fraction of sp³-hybridized carbons (Fsp3) is 0.0952. The molecule has 0 bridgehead atoms. The van der Waals surface area contributed by atoms with E-state index in [1.165, 1.54) is 12.1 Å². The van der Waals surface area contributed by atoms with Gasteiger partial charge in [-0.15, -0.1) is 0 Å². The highest BCUT2D eigenvalue weighted by atomic mass is 19.2. The van der Waals surface area contributed by atoms with Crippen molar-refractivity contribution in [3.8, 4) is 11.6 Å². The highest BCUT2D eigenvalue weighted by Crippen LogP contribution is 2.21. The number of hydrogen-bond donors (Lipinski definition) is 0. The average molecular weight is 363 g/mol. The van der Waals surface area contributed by atoms with Crippen molar-refractivity contribution >= 4 is 12.1 Å². The quantitative estimate of drug-likeness (QED) is 0.665. The molecule has 1 aliphatic rings. The van der Waals surface area contributed by atoms with Crippen molar-refractivity contribution in [1.29, 1.82) is 0 Å². The summed E-state index contributed by atoms with van der Waals surface area (Å²) in [5.74, 6) is -0.405. The van der Waals surface area contributed by atoms with Crippen molar-refractivity contribution in [2.75, 3.05) is 0 Å². The van der Waals surface area contributed by atoms with Crippen molar-refractivity contribution in [2.45, 2.75) is 12.5 Å². The molecule has 0 spiro atoms. The van der Waals surface area contributed by atoms with E-state index in [0.717, 1.165) is 11.6 Å². The SMILES string of the molecule is Fc1cccc(C2=NC(Cc3ccc(Oc4ccccn4)cc3)C=N2)c1F. The lowest BCUT2D eigenvalue weighted by atomic mass is 10.1. The van der Waals surface area contributed by atoms with Crippen LogP contribution >= 0.6 is 0 Å². The zero-order chi connectivity index (χ0) is 18.6. The van der Waals surface area contributed by atoms with Gasteiger partial charge in [0, 0.05) is 18.5 Å². The van der Waals surface area contributed by atoms with Gasteiger partial charge in [-0.25, -0.2) is 18.8 Å². The molecule has 1 aliphatic heterocycles. The molecular formula is C21H15F2N3O. The Kier molecular flexibility index (Phi) is 4.70. The van der Waals surface area contributed by atoms with Crippen LogP contribution in [0.25, 0.3) is 0 Å². The smallest absolute Gasteiger partial charge is 0.219 e. The number of aliphatic imine (C=N–C) groups is 2. The van der Waals surface area contributed by atoms with E-state index in [2.05, 4.69) is 15.0 Å². The van der Waals surface area contributed by atoms with Crippen LogP contribution in [-0.4, -0.2) is 23.1 Å². The number of amidine groups is 1. The van der Waals surface area contributed by atoms with E-state index < -0.39 is 11.6 Å². The Morgan fingerprint density at radius 2 is 1.78 bits per heavy atom. The van der Waals surface area contributed by atoms with Crippen molar-refractivity contribution in [3.63, 3.8) is 0 Å². The van der Waals surface area contributed by atoms with E-state index in [0.29, 0.717) is 18.1 Å². The summed E-state index contributed by atoms with van der Waals surface area (Å²) in [5.41, 5.74) is 1.11. The van der Waals surface area contributed by atoms with Crippen LogP contribution in [0.4, 0.5) is 8.78 Å². The van der Waals surface area contributed by atoms with Gasteiger partial charge in [0.2, 0.25) is 5.88 Å². The molecule has 0 saturated heterocycles. The second-order valence-electron chi connectivity index (χ2n) is 6.02. The molecule has 1 atom stereocenters. The molecule has 4 nitrogen and oxygen atoms in total. The van der Waals surface area contributed by atoms with Crippen molar-refractivity contribution in [3.05, 3.63) is 89.6 Å². The molecule has 2 heterocycles. The topological polar surface area (TPSA) is 46.8 Å². The third-order valence-corrected chi connectivity index (χ3v) is 4.08. The van der Waals surface area contributed by atoms with Crippen LogP contribution in [0.3, 0.4) is 0 Å². The largest absolute Gasteiger partial charge is 0.439 e. The minimum atomic E-state index is -0.926. The molecule has 4 rings (SSSR count). The first-order valence-electron chi connectivity index (χ1n) is 8.43. The summed E-state index contributed by atoms with van der Waals surface area (Å²) >= 11 is 0. The molecule has 3 aromatic rings. The summed E-state index contributed by atoms with van der Waals surface area (Å²) in [5, 5.41) is 0. The van der Waals surface area contributed by atoms with E-state index in [-0.39, 0.29) is 17.4 Å². The first kappa shape index (κ1) is 17.0. The number of rotatable bonds is 5. The Hall–Kier alpha value is -3.41. The lowest BCUT2D eigenvalue weighted by Gasteiger charge is -2.07. The summed E-state index contributed by atoms with van der Waals surface area (Å²) < 4.78 is 32.9. The minimum Gasteiger partial charge on any atom is -0.439 e. The molecule has 1 unspecified atom stereocenters. The van der Waals surface area contributed by atoms with Crippen LogP contribution in [-0.2, 0) is 6.42 Å². The van der Waals surface area contributed by atoms with Crippen molar-refractivity contribution in [1.82, 2.24) is 4.98 Å². The van der Waals surface area contributed by atoms with Crippen molar-refractivity contribution < 1.29 is 13.5 Å². The number of pyridine rings is 1. The molecule has 0 amide bonds. The van der Waals surface area contributed by atoms with Crippen LogP contribution in [0, 0.1) is 11.6 Å². The molecular weight excluding hydrogens is 348 g/mol. The molecule has 134 valence electrons. The van der Waals surface area contributed by atoms with Gasteiger partial charge >= 0.3 is 0 Å². The van der Waals surface area contributed by atoms with E-state index in [9.17, 15) is 8.78 Å². The molecule has 0 fully saturated rings. The summed E-state index contributed by atoms with van der Waals surface area (Å²) in [4.78, 5) is 12.7. The predicted octanol–water partition coefficient (Wildman–Crippen LogP) is 4.59. The Balaban J connectivity index is 1.43. The zero-order valence-corrected chi connectivity index (χ0v) is 14.2. The maximum absolute atomic E-state index is 13.9. The molecule has 1 aromatic heterocycles. The molecule has 0 saturated carbocycles. The molecule has 2 aromatic carbocycles. The first-order chi connectivity index (χ1) is 13.2. The van der Waals surface area contributed by atoms with Gasteiger partial charge in [0.25, 0.3) is 0 Å². The van der Waals surface area contributed by atoms with Crippen LogP contribution in [0.1, 0.15) is 11.1 Å². The van der Waals surface area contributed by atoms with Gasteiger partial charge in [0.1, 0.15) is 5.75 Å². The second kappa shape index (κ2) is 7.45. The van der Waals surface area contributed by atoms with Gasteiger partial charge in [-0.2, -0.15) is 0 Å². The minimum absolute atomic E-state index is 0.0767. The Labute approximate surface area is 154 Å². The lowest BCUT2D eigenvalue weighted by molar-refractivity contribution is 0.463. The number of benzene rings is 2. The number of halogens is 2. The average Bonchev–Trinajstić information content (AvgIpc) is 3.15. The van der Waals surface area contributed by atoms with E-state index in [1.807, 2.05) is 36.4 Å². The van der Waals surface area contributed by atoms with Crippen LogP contribution in [0.5, 0.6) is 11.6 Å². The predicted molar refractivity (Wildman–Crippen MR) is 99.6 cm³/mol. The maximum Gasteiger partial charge on any atom is 0.219 e. The molecule has 0 aliphatic carbocycles. The number of hydrogen-bond acceptors (Lipinski definition) is 4. The summed E-state index contributed by atoms with van der Waals surface area (Å²) in [6.07, 6.45) is 3.92. The summed E-state index contributed by atoms with van der Waals surface area (Å²) in [6, 6.07) is 16.8. The zero-order valence-electron chi connectivity index (χ0n) is 14.2. The normalized spacial score (nSPS) is 15.6. The first-order valence-corrected chi connectivity index (χ1v) is 8.43. The maximum atomic E-state index is 13.9. The van der Waals surface area contributed by atoms with Crippen LogP contribution in [0.15, 0.2) is 76.8 Å². The van der Waals surface area contributed by atoms with Gasteiger partial charge in [0.05, 0.1) is 11.6 Å². The van der Waals surface area contributed by atoms with Gasteiger partial charge in [-0.05, 0) is 42.3 Å². The Bertz CT molecular complexity index is 1000. The van der Waals surface area contributed by atoms with Gasteiger partial charge in [0.15, 0.2) is 17.5 Å². The third kappa shape index (κ3) is 3.89. The van der Waals surface area contributed by atoms with Crippen LogP contribution < -0.4 is 4.74 Å². The van der Waals surface area contributed by atoms with Gasteiger partial charge in [-0.1, -0.05) is 24.3 Å².